The maximum Gasteiger partial charge on any atom is 0.208 e. The zero-order valence-corrected chi connectivity index (χ0v) is 13.2. The van der Waals surface area contributed by atoms with Crippen molar-refractivity contribution in [2.45, 2.75) is 24.9 Å². The summed E-state index contributed by atoms with van der Waals surface area (Å²) in [6.45, 7) is 2.61. The Balaban J connectivity index is 1.97. The second-order valence-electron chi connectivity index (χ2n) is 4.89. The Hall–Kier alpha value is -0.140. The summed E-state index contributed by atoms with van der Waals surface area (Å²) >= 11 is 12.4. The molecule has 0 spiro atoms. The van der Waals surface area contributed by atoms with E-state index in [0.717, 1.165) is 19.6 Å². The smallest absolute Gasteiger partial charge is 0.208 e. The molecule has 0 atom stereocenters. The predicted octanol–water partition coefficient (Wildman–Crippen LogP) is 2.47. The van der Waals surface area contributed by atoms with Crippen LogP contribution in [0.5, 0.6) is 0 Å². The second-order valence-corrected chi connectivity index (χ2v) is 6.41. The standard InChI is InChI=1S/C13H18N2OS3/c16-12(17)13(15(18)19)6-8-14(9-7-13)10-11-4-2-1-3-5-11/h1-5,18-19H,6-10H2,(H,16,17). The first-order chi connectivity index (χ1) is 9.04. The van der Waals surface area contributed by atoms with Crippen LogP contribution in [0.15, 0.2) is 30.3 Å². The molecule has 1 aliphatic rings. The molecule has 0 amide bonds. The molecule has 0 N–H and O–H groups in total. The van der Waals surface area contributed by atoms with Gasteiger partial charge in [-0.1, -0.05) is 56.0 Å². The van der Waals surface area contributed by atoms with Crippen molar-refractivity contribution >= 4 is 43.4 Å². The van der Waals surface area contributed by atoms with Gasteiger partial charge in [0.2, 0.25) is 5.12 Å². The van der Waals surface area contributed by atoms with Crippen molar-refractivity contribution in [1.82, 2.24) is 8.61 Å². The molecule has 1 saturated heterocycles. The van der Waals surface area contributed by atoms with Gasteiger partial charge in [-0.25, -0.2) is 0 Å². The minimum absolute atomic E-state index is 0.156. The average Bonchev–Trinajstić information content (AvgIpc) is 2.40. The molecule has 1 heterocycles. The van der Waals surface area contributed by atoms with Crippen LogP contribution in [-0.4, -0.2) is 32.4 Å². The van der Waals surface area contributed by atoms with E-state index in [4.69, 9.17) is 0 Å². The molecular formula is C13H18N2OS3. The van der Waals surface area contributed by atoms with Crippen LogP contribution in [0.2, 0.25) is 0 Å². The first kappa shape index (κ1) is 15.3. The zero-order chi connectivity index (χ0) is 13.9. The van der Waals surface area contributed by atoms with Gasteiger partial charge in [0.15, 0.2) is 0 Å². The van der Waals surface area contributed by atoms with E-state index in [-0.39, 0.29) is 5.12 Å². The van der Waals surface area contributed by atoms with Crippen molar-refractivity contribution in [2.75, 3.05) is 13.1 Å². The molecule has 6 heteroatoms. The summed E-state index contributed by atoms with van der Waals surface area (Å²) in [5.41, 5.74) is 0.642. The van der Waals surface area contributed by atoms with Crippen LogP contribution >= 0.6 is 38.3 Å². The third-order valence-corrected chi connectivity index (χ3v) is 4.90. The molecule has 0 aromatic heterocycles. The van der Waals surface area contributed by atoms with Crippen molar-refractivity contribution in [3.8, 4) is 0 Å². The first-order valence-corrected chi connectivity index (χ1v) is 7.47. The summed E-state index contributed by atoms with van der Waals surface area (Å²) < 4.78 is 1.42. The van der Waals surface area contributed by atoms with Gasteiger partial charge in [-0.3, -0.25) is 9.69 Å². The number of likely N-dealkylation sites (tertiary alicyclic amines) is 1. The van der Waals surface area contributed by atoms with E-state index in [1.807, 2.05) is 18.2 Å². The number of benzene rings is 1. The molecule has 1 fully saturated rings. The van der Waals surface area contributed by atoms with Crippen LogP contribution in [0.3, 0.4) is 0 Å². The summed E-state index contributed by atoms with van der Waals surface area (Å²) in [5, 5.41) is -0.156. The van der Waals surface area contributed by atoms with Crippen molar-refractivity contribution in [2.24, 2.45) is 0 Å². The SMILES string of the molecule is O=C(S)C1(N(S)S)CCN(Cc2ccccc2)CC1. The van der Waals surface area contributed by atoms with Crippen LogP contribution < -0.4 is 0 Å². The Labute approximate surface area is 130 Å². The van der Waals surface area contributed by atoms with Gasteiger partial charge in [-0.15, -0.1) is 12.6 Å². The minimum atomic E-state index is -0.650. The average molecular weight is 315 g/mol. The largest absolute Gasteiger partial charge is 0.299 e. The fourth-order valence-electron chi connectivity index (χ4n) is 2.42. The van der Waals surface area contributed by atoms with Gasteiger partial charge in [0.05, 0.1) is 0 Å². The highest BCUT2D eigenvalue weighted by Gasteiger charge is 2.42. The third kappa shape index (κ3) is 3.49. The van der Waals surface area contributed by atoms with Crippen molar-refractivity contribution < 1.29 is 4.79 Å². The van der Waals surface area contributed by atoms with Crippen LogP contribution in [-0.2, 0) is 11.3 Å². The highest BCUT2D eigenvalue weighted by Crippen LogP contribution is 2.34. The number of rotatable bonds is 4. The predicted molar refractivity (Wildman–Crippen MR) is 87.5 cm³/mol. The number of thiol groups is 3. The highest BCUT2D eigenvalue weighted by atomic mass is 32.2. The molecule has 3 nitrogen and oxygen atoms in total. The molecule has 1 aromatic rings. The van der Waals surface area contributed by atoms with E-state index in [1.165, 1.54) is 9.27 Å². The molecule has 0 radical (unpaired) electrons. The fraction of sp³-hybridized carbons (Fsp3) is 0.462. The third-order valence-electron chi connectivity index (χ3n) is 3.71. The lowest BCUT2D eigenvalue weighted by Crippen LogP contribution is -2.53. The molecule has 0 bridgehead atoms. The Bertz CT molecular complexity index is 431. The fourth-order valence-corrected chi connectivity index (χ4v) is 3.49. The molecule has 0 saturated carbocycles. The minimum Gasteiger partial charge on any atom is -0.299 e. The molecule has 19 heavy (non-hydrogen) atoms. The van der Waals surface area contributed by atoms with Gasteiger partial charge in [-0.05, 0) is 18.4 Å². The monoisotopic (exact) mass is 314 g/mol. The second kappa shape index (κ2) is 6.54. The molecule has 1 aromatic carbocycles. The summed E-state index contributed by atoms with van der Waals surface area (Å²) in [5.74, 6) is 0. The molecule has 104 valence electrons. The number of nitrogens with zero attached hydrogens (tertiary/aromatic N) is 2. The number of hydrogen-bond acceptors (Lipinski definition) is 5. The van der Waals surface area contributed by atoms with Gasteiger partial charge in [0.25, 0.3) is 0 Å². The zero-order valence-electron chi connectivity index (χ0n) is 10.6. The van der Waals surface area contributed by atoms with Gasteiger partial charge in [0, 0.05) is 19.6 Å². The van der Waals surface area contributed by atoms with Crippen molar-refractivity contribution in [1.29, 1.82) is 0 Å². The lowest BCUT2D eigenvalue weighted by atomic mass is 9.89. The first-order valence-electron chi connectivity index (χ1n) is 6.22. The Kier molecular flexibility index (Phi) is 5.25. The van der Waals surface area contributed by atoms with Gasteiger partial charge < -0.3 is 0 Å². The quantitative estimate of drug-likeness (QED) is 0.744. The normalized spacial score (nSPS) is 19.6. The number of carbonyl (C=O) groups is 1. The topological polar surface area (TPSA) is 23.6 Å². The summed E-state index contributed by atoms with van der Waals surface area (Å²) in [6, 6.07) is 10.3. The van der Waals surface area contributed by atoms with Crippen LogP contribution in [0.25, 0.3) is 0 Å². The van der Waals surface area contributed by atoms with Crippen LogP contribution in [0.4, 0.5) is 0 Å². The maximum atomic E-state index is 11.7. The van der Waals surface area contributed by atoms with E-state index in [1.54, 1.807) is 0 Å². The van der Waals surface area contributed by atoms with Gasteiger partial charge in [-0.2, -0.15) is 3.71 Å². The van der Waals surface area contributed by atoms with Gasteiger partial charge in [0.1, 0.15) is 5.54 Å². The molecule has 2 rings (SSSR count). The van der Waals surface area contributed by atoms with E-state index in [9.17, 15) is 4.79 Å². The van der Waals surface area contributed by atoms with E-state index < -0.39 is 5.54 Å². The number of piperidine rings is 1. The van der Waals surface area contributed by atoms with E-state index in [2.05, 4.69) is 55.3 Å². The van der Waals surface area contributed by atoms with Crippen molar-refractivity contribution in [3.05, 3.63) is 35.9 Å². The highest BCUT2D eigenvalue weighted by molar-refractivity contribution is 7.97. The summed E-state index contributed by atoms with van der Waals surface area (Å²) in [7, 11) is 0. The molecule has 0 aliphatic carbocycles. The number of hydrogen-bond donors (Lipinski definition) is 3. The van der Waals surface area contributed by atoms with E-state index in [0.29, 0.717) is 12.8 Å². The number of carbonyl (C=O) groups excluding carboxylic acids is 1. The van der Waals surface area contributed by atoms with Crippen LogP contribution in [0.1, 0.15) is 18.4 Å². The van der Waals surface area contributed by atoms with Crippen LogP contribution in [0, 0.1) is 0 Å². The Morgan fingerprint density at radius 1 is 1.21 bits per heavy atom. The maximum absolute atomic E-state index is 11.7. The van der Waals surface area contributed by atoms with Crippen molar-refractivity contribution in [3.63, 3.8) is 0 Å². The van der Waals surface area contributed by atoms with E-state index >= 15 is 0 Å². The molecule has 1 aliphatic heterocycles. The Morgan fingerprint density at radius 2 is 1.79 bits per heavy atom. The Morgan fingerprint density at radius 3 is 2.26 bits per heavy atom. The van der Waals surface area contributed by atoms with Gasteiger partial charge >= 0.3 is 0 Å². The molecular weight excluding hydrogens is 296 g/mol. The summed E-state index contributed by atoms with van der Waals surface area (Å²) in [4.78, 5) is 14.1. The summed E-state index contributed by atoms with van der Waals surface area (Å²) in [6.07, 6.45) is 1.41. The lowest BCUT2D eigenvalue weighted by Gasteiger charge is -2.42. The lowest BCUT2D eigenvalue weighted by molar-refractivity contribution is -0.119. The molecule has 0 unspecified atom stereocenters.